The first kappa shape index (κ1) is 20.0. The number of aromatic carboxylic acids is 1. The van der Waals surface area contributed by atoms with Crippen molar-refractivity contribution >= 4 is 21.9 Å². The van der Waals surface area contributed by atoms with Crippen molar-refractivity contribution in [1.82, 2.24) is 9.21 Å². The van der Waals surface area contributed by atoms with Gasteiger partial charge in [0.2, 0.25) is 15.9 Å². The van der Waals surface area contributed by atoms with E-state index in [-0.39, 0.29) is 32.1 Å². The van der Waals surface area contributed by atoms with Crippen molar-refractivity contribution in [3.63, 3.8) is 0 Å². The number of carbonyl (C=O) groups is 2. The SMILES string of the molecule is CC(=O)N1CCN(S(=O)(=O)c2ccc(OC(F)(F)F)c(C(=O)O)c2)CC1. The summed E-state index contributed by atoms with van der Waals surface area (Å²) in [5, 5.41) is 9.06. The molecule has 1 fully saturated rings. The third-order valence-electron chi connectivity index (χ3n) is 3.73. The maximum absolute atomic E-state index is 12.6. The molecule has 0 saturated carbocycles. The Kier molecular flexibility index (Phi) is 5.47. The molecule has 1 aromatic carbocycles. The normalized spacial score (nSPS) is 16.4. The minimum absolute atomic E-state index is 0.00881. The van der Waals surface area contributed by atoms with Crippen molar-refractivity contribution < 1.29 is 41.0 Å². The van der Waals surface area contributed by atoms with Crippen molar-refractivity contribution in [1.29, 1.82) is 0 Å². The molecule has 1 heterocycles. The van der Waals surface area contributed by atoms with Gasteiger partial charge in [-0.3, -0.25) is 4.79 Å². The van der Waals surface area contributed by atoms with Crippen LogP contribution in [-0.4, -0.2) is 67.1 Å². The number of carbonyl (C=O) groups excluding carboxylic acids is 1. The fourth-order valence-corrected chi connectivity index (χ4v) is 3.89. The fraction of sp³-hybridized carbons (Fsp3) is 0.429. The third-order valence-corrected chi connectivity index (χ3v) is 5.62. The minimum atomic E-state index is -5.12. The Labute approximate surface area is 146 Å². The molecule has 1 N–H and O–H groups in total. The molecular weight excluding hydrogens is 381 g/mol. The summed E-state index contributed by atoms with van der Waals surface area (Å²) in [6.45, 7) is 1.66. The molecule has 2 rings (SSSR count). The average Bonchev–Trinajstić information content (AvgIpc) is 2.53. The number of hydrogen-bond donors (Lipinski definition) is 1. The van der Waals surface area contributed by atoms with Crippen LogP contribution in [0, 0.1) is 0 Å². The highest BCUT2D eigenvalue weighted by atomic mass is 32.2. The van der Waals surface area contributed by atoms with Crippen LogP contribution in [0.15, 0.2) is 23.1 Å². The molecule has 1 aliphatic rings. The minimum Gasteiger partial charge on any atom is -0.478 e. The van der Waals surface area contributed by atoms with E-state index in [1.54, 1.807) is 0 Å². The Hall–Kier alpha value is -2.34. The van der Waals surface area contributed by atoms with Gasteiger partial charge in [-0.25, -0.2) is 13.2 Å². The lowest BCUT2D eigenvalue weighted by molar-refractivity contribution is -0.274. The van der Waals surface area contributed by atoms with Gasteiger partial charge in [-0.05, 0) is 18.2 Å². The number of benzene rings is 1. The molecule has 12 heteroatoms. The number of alkyl halides is 3. The number of carboxylic acids is 1. The highest BCUT2D eigenvalue weighted by molar-refractivity contribution is 7.89. The molecule has 0 unspecified atom stereocenters. The van der Waals surface area contributed by atoms with Crippen LogP contribution in [0.4, 0.5) is 13.2 Å². The van der Waals surface area contributed by atoms with Crippen molar-refractivity contribution in [2.45, 2.75) is 18.2 Å². The van der Waals surface area contributed by atoms with Crippen LogP contribution in [-0.2, 0) is 14.8 Å². The Morgan fingerprint density at radius 2 is 1.73 bits per heavy atom. The predicted molar refractivity (Wildman–Crippen MR) is 81.1 cm³/mol. The maximum atomic E-state index is 12.6. The molecule has 1 amide bonds. The van der Waals surface area contributed by atoms with Crippen LogP contribution in [0.3, 0.4) is 0 Å². The number of amides is 1. The summed E-state index contributed by atoms with van der Waals surface area (Å²) in [6, 6.07) is 2.12. The fourth-order valence-electron chi connectivity index (χ4n) is 2.44. The summed E-state index contributed by atoms with van der Waals surface area (Å²) in [6.07, 6.45) is -5.12. The lowest BCUT2D eigenvalue weighted by Gasteiger charge is -2.33. The summed E-state index contributed by atoms with van der Waals surface area (Å²) >= 11 is 0. The average molecular weight is 396 g/mol. The summed E-state index contributed by atoms with van der Waals surface area (Å²) in [5.41, 5.74) is -0.925. The second kappa shape index (κ2) is 7.11. The Morgan fingerprint density at radius 3 is 2.19 bits per heavy atom. The molecule has 0 radical (unpaired) electrons. The number of sulfonamides is 1. The van der Waals surface area contributed by atoms with Gasteiger partial charge in [-0.2, -0.15) is 4.31 Å². The van der Waals surface area contributed by atoms with Gasteiger partial charge in [0.05, 0.1) is 4.90 Å². The lowest BCUT2D eigenvalue weighted by atomic mass is 10.2. The monoisotopic (exact) mass is 396 g/mol. The molecule has 1 saturated heterocycles. The van der Waals surface area contributed by atoms with Gasteiger partial charge in [-0.1, -0.05) is 0 Å². The lowest BCUT2D eigenvalue weighted by Crippen LogP contribution is -2.49. The second-order valence-electron chi connectivity index (χ2n) is 5.42. The van der Waals surface area contributed by atoms with Gasteiger partial charge in [0.15, 0.2) is 0 Å². The van der Waals surface area contributed by atoms with Crippen molar-refractivity contribution in [3.05, 3.63) is 23.8 Å². The molecule has 0 aromatic heterocycles. The molecule has 1 aliphatic heterocycles. The van der Waals surface area contributed by atoms with E-state index in [1.807, 2.05) is 0 Å². The number of nitrogens with zero attached hydrogens (tertiary/aromatic N) is 2. The first-order valence-electron chi connectivity index (χ1n) is 7.30. The molecular formula is C14H15F3N2O6S. The molecule has 0 atom stereocenters. The van der Waals surface area contributed by atoms with E-state index in [2.05, 4.69) is 4.74 Å². The van der Waals surface area contributed by atoms with E-state index in [1.165, 1.54) is 11.8 Å². The quantitative estimate of drug-likeness (QED) is 0.819. The highest BCUT2D eigenvalue weighted by Crippen LogP contribution is 2.29. The summed E-state index contributed by atoms with van der Waals surface area (Å²) in [5.74, 6) is -2.98. The Bertz CT molecular complexity index is 816. The van der Waals surface area contributed by atoms with Crippen LogP contribution in [0.5, 0.6) is 5.75 Å². The summed E-state index contributed by atoms with van der Waals surface area (Å²) < 4.78 is 66.9. The highest BCUT2D eigenvalue weighted by Gasteiger charge is 2.35. The van der Waals surface area contributed by atoms with Crippen LogP contribution >= 0.6 is 0 Å². The summed E-state index contributed by atoms with van der Waals surface area (Å²) in [7, 11) is -4.13. The summed E-state index contributed by atoms with van der Waals surface area (Å²) in [4.78, 5) is 23.4. The molecule has 144 valence electrons. The topological polar surface area (TPSA) is 104 Å². The van der Waals surface area contributed by atoms with Gasteiger partial charge in [0, 0.05) is 33.1 Å². The van der Waals surface area contributed by atoms with Crippen molar-refractivity contribution in [2.24, 2.45) is 0 Å². The van der Waals surface area contributed by atoms with Crippen LogP contribution in [0.2, 0.25) is 0 Å². The van der Waals surface area contributed by atoms with E-state index in [4.69, 9.17) is 5.11 Å². The smallest absolute Gasteiger partial charge is 0.478 e. The zero-order valence-corrected chi connectivity index (χ0v) is 14.3. The Morgan fingerprint density at radius 1 is 1.15 bits per heavy atom. The third kappa shape index (κ3) is 4.43. The second-order valence-corrected chi connectivity index (χ2v) is 7.36. The van der Waals surface area contributed by atoms with E-state index in [9.17, 15) is 31.2 Å². The van der Waals surface area contributed by atoms with Gasteiger partial charge in [0.1, 0.15) is 11.3 Å². The first-order valence-corrected chi connectivity index (χ1v) is 8.74. The maximum Gasteiger partial charge on any atom is 0.573 e. The number of hydrogen-bond acceptors (Lipinski definition) is 5. The number of halogens is 3. The predicted octanol–water partition coefficient (Wildman–Crippen LogP) is 1.14. The molecule has 1 aromatic rings. The van der Waals surface area contributed by atoms with Gasteiger partial charge in [-0.15, -0.1) is 13.2 Å². The van der Waals surface area contributed by atoms with Gasteiger partial charge < -0.3 is 14.7 Å². The molecule has 0 aliphatic carbocycles. The van der Waals surface area contributed by atoms with Crippen LogP contribution < -0.4 is 4.74 Å². The molecule has 26 heavy (non-hydrogen) atoms. The molecule has 0 bridgehead atoms. The number of carboxylic acid groups (broad SMARTS) is 1. The molecule has 0 spiro atoms. The van der Waals surface area contributed by atoms with E-state index < -0.39 is 38.6 Å². The Balaban J connectivity index is 2.31. The number of ether oxygens (including phenoxy) is 1. The first-order chi connectivity index (χ1) is 11.9. The zero-order chi connectivity index (χ0) is 19.7. The number of rotatable bonds is 4. The largest absolute Gasteiger partial charge is 0.573 e. The van der Waals surface area contributed by atoms with Crippen LogP contribution in [0.25, 0.3) is 0 Å². The van der Waals surface area contributed by atoms with E-state index >= 15 is 0 Å². The van der Waals surface area contributed by atoms with Crippen LogP contribution in [0.1, 0.15) is 17.3 Å². The van der Waals surface area contributed by atoms with E-state index in [0.29, 0.717) is 12.1 Å². The number of piperazine rings is 1. The van der Waals surface area contributed by atoms with Crippen molar-refractivity contribution in [3.8, 4) is 5.75 Å². The zero-order valence-electron chi connectivity index (χ0n) is 13.5. The van der Waals surface area contributed by atoms with E-state index in [0.717, 1.165) is 10.4 Å². The van der Waals surface area contributed by atoms with Gasteiger partial charge in [0.25, 0.3) is 0 Å². The van der Waals surface area contributed by atoms with Gasteiger partial charge >= 0.3 is 12.3 Å². The molecule has 8 nitrogen and oxygen atoms in total. The standard InChI is InChI=1S/C14H15F3N2O6S/c1-9(20)18-4-6-19(7-5-18)26(23,24)10-2-3-12(25-14(15,16)17)11(8-10)13(21)22/h2-3,8H,4-7H2,1H3,(H,21,22). The van der Waals surface area contributed by atoms with Crippen molar-refractivity contribution in [2.75, 3.05) is 26.2 Å².